The number of hydrogen-bond donors (Lipinski definition) is 1. The van der Waals surface area contributed by atoms with E-state index in [1.54, 1.807) is 4.90 Å². The van der Waals surface area contributed by atoms with Crippen LogP contribution in [-0.2, 0) is 27.3 Å². The van der Waals surface area contributed by atoms with Gasteiger partial charge in [-0.05, 0) is 17.0 Å². The van der Waals surface area contributed by atoms with E-state index in [2.05, 4.69) is 0 Å². The van der Waals surface area contributed by atoms with E-state index >= 15 is 0 Å². The van der Waals surface area contributed by atoms with Crippen LogP contribution in [0.15, 0.2) is 24.3 Å². The Morgan fingerprint density at radius 3 is 2.48 bits per heavy atom. The molecule has 2 rings (SSSR count). The molecule has 1 aromatic rings. The van der Waals surface area contributed by atoms with Gasteiger partial charge in [-0.3, -0.25) is 4.79 Å². The summed E-state index contributed by atoms with van der Waals surface area (Å²) in [5, 5.41) is 0. The number of methoxy groups -OCH3 is 1. The Morgan fingerprint density at radius 1 is 1.29 bits per heavy atom. The van der Waals surface area contributed by atoms with Gasteiger partial charge in [0, 0.05) is 13.0 Å². The third-order valence-corrected chi connectivity index (χ3v) is 4.01. The maximum atomic E-state index is 12.6. The maximum Gasteiger partial charge on any atom is 0.328 e. The molecule has 2 N–H and O–H groups in total. The first-order valence-electron chi connectivity index (χ1n) is 7.16. The molecular formula is C16H22N2O3. The Kier molecular flexibility index (Phi) is 4.63. The topological polar surface area (TPSA) is 72.6 Å². The molecule has 5 nitrogen and oxygen atoms in total. The first kappa shape index (κ1) is 15.5. The zero-order valence-electron chi connectivity index (χ0n) is 12.7. The van der Waals surface area contributed by atoms with Crippen molar-refractivity contribution in [2.24, 2.45) is 11.7 Å². The molecule has 0 aliphatic carbocycles. The summed E-state index contributed by atoms with van der Waals surface area (Å²) in [4.78, 5) is 26.2. The van der Waals surface area contributed by atoms with Gasteiger partial charge in [0.2, 0.25) is 5.91 Å². The molecule has 5 heteroatoms. The van der Waals surface area contributed by atoms with Gasteiger partial charge in [-0.25, -0.2) is 4.79 Å². The Morgan fingerprint density at radius 2 is 1.90 bits per heavy atom. The van der Waals surface area contributed by atoms with Crippen molar-refractivity contribution < 1.29 is 14.3 Å². The lowest BCUT2D eigenvalue weighted by Gasteiger charge is -2.37. The normalized spacial score (nSPS) is 19.1. The van der Waals surface area contributed by atoms with E-state index in [4.69, 9.17) is 10.5 Å². The molecule has 114 valence electrons. The van der Waals surface area contributed by atoms with Crippen LogP contribution in [-0.4, -0.2) is 36.0 Å². The average molecular weight is 290 g/mol. The molecule has 0 bridgehead atoms. The number of carbonyl (C=O) groups excluding carboxylic acids is 2. The number of ether oxygens (including phenoxy) is 1. The van der Waals surface area contributed by atoms with Crippen molar-refractivity contribution in [1.82, 2.24) is 4.90 Å². The lowest BCUT2D eigenvalue weighted by molar-refractivity contribution is -0.154. The largest absolute Gasteiger partial charge is 0.467 e. The van der Waals surface area contributed by atoms with Crippen LogP contribution in [0.3, 0.4) is 0 Å². The van der Waals surface area contributed by atoms with E-state index in [1.807, 2.05) is 38.1 Å². The summed E-state index contributed by atoms with van der Waals surface area (Å²) in [6, 6.07) is 6.62. The fourth-order valence-electron chi connectivity index (χ4n) is 2.58. The molecule has 21 heavy (non-hydrogen) atoms. The van der Waals surface area contributed by atoms with E-state index in [1.165, 1.54) is 7.11 Å². The van der Waals surface area contributed by atoms with Crippen molar-refractivity contribution in [3.63, 3.8) is 0 Å². The zero-order valence-corrected chi connectivity index (χ0v) is 12.7. The molecule has 1 aliphatic heterocycles. The second-order valence-corrected chi connectivity index (χ2v) is 5.75. The number of carbonyl (C=O) groups is 2. The van der Waals surface area contributed by atoms with Gasteiger partial charge in [0.1, 0.15) is 6.04 Å². The van der Waals surface area contributed by atoms with Crippen molar-refractivity contribution in [3.05, 3.63) is 35.4 Å². The fraction of sp³-hybridized carbons (Fsp3) is 0.500. The Hall–Kier alpha value is -1.88. The predicted octanol–water partition coefficient (Wildman–Crippen LogP) is 1.10. The number of rotatable bonds is 3. The molecule has 0 saturated heterocycles. The second kappa shape index (κ2) is 6.26. The highest BCUT2D eigenvalue weighted by molar-refractivity contribution is 5.88. The molecular weight excluding hydrogens is 268 g/mol. The zero-order chi connectivity index (χ0) is 15.6. The number of nitrogens with two attached hydrogens (primary N) is 1. The van der Waals surface area contributed by atoms with Crippen LogP contribution in [0.5, 0.6) is 0 Å². The van der Waals surface area contributed by atoms with E-state index in [0.717, 1.165) is 11.1 Å². The van der Waals surface area contributed by atoms with E-state index in [0.29, 0.717) is 13.0 Å². The van der Waals surface area contributed by atoms with Crippen LogP contribution >= 0.6 is 0 Å². The molecule has 1 amide bonds. The number of amides is 1. The molecule has 1 aliphatic rings. The van der Waals surface area contributed by atoms with Crippen LogP contribution in [0, 0.1) is 5.92 Å². The summed E-state index contributed by atoms with van der Waals surface area (Å²) >= 11 is 0. The summed E-state index contributed by atoms with van der Waals surface area (Å²) in [5.74, 6) is -0.573. The van der Waals surface area contributed by atoms with Crippen LogP contribution < -0.4 is 5.73 Å². The van der Waals surface area contributed by atoms with Crippen LogP contribution in [0.25, 0.3) is 0 Å². The SMILES string of the molecule is COC(=O)[C@@H]1Cc2ccccc2CN1C(=O)C(N)C(C)C. The monoisotopic (exact) mass is 290 g/mol. The highest BCUT2D eigenvalue weighted by Crippen LogP contribution is 2.25. The third-order valence-electron chi connectivity index (χ3n) is 4.01. The molecule has 1 aromatic carbocycles. The van der Waals surface area contributed by atoms with E-state index < -0.39 is 18.1 Å². The van der Waals surface area contributed by atoms with Crippen LogP contribution in [0.1, 0.15) is 25.0 Å². The van der Waals surface area contributed by atoms with Crippen molar-refractivity contribution >= 4 is 11.9 Å². The minimum Gasteiger partial charge on any atom is -0.467 e. The average Bonchev–Trinajstić information content (AvgIpc) is 2.51. The molecule has 0 saturated carbocycles. The predicted molar refractivity (Wildman–Crippen MR) is 79.3 cm³/mol. The Bertz CT molecular complexity index is 542. The Balaban J connectivity index is 2.32. The maximum absolute atomic E-state index is 12.6. The highest BCUT2D eigenvalue weighted by atomic mass is 16.5. The smallest absolute Gasteiger partial charge is 0.328 e. The van der Waals surface area contributed by atoms with Gasteiger partial charge >= 0.3 is 5.97 Å². The standard InChI is InChI=1S/C16H22N2O3/c1-10(2)14(17)15(19)18-9-12-7-5-4-6-11(12)8-13(18)16(20)21-3/h4-7,10,13-14H,8-9,17H2,1-3H3/t13-,14?/m0/s1. The van der Waals surface area contributed by atoms with E-state index in [9.17, 15) is 9.59 Å². The summed E-state index contributed by atoms with van der Waals surface area (Å²) in [6.45, 7) is 4.19. The minimum atomic E-state index is -0.609. The van der Waals surface area contributed by atoms with Gasteiger partial charge in [-0.1, -0.05) is 38.1 Å². The second-order valence-electron chi connectivity index (χ2n) is 5.75. The summed E-state index contributed by atoms with van der Waals surface area (Å²) < 4.78 is 4.85. The van der Waals surface area contributed by atoms with Crippen LogP contribution in [0.2, 0.25) is 0 Å². The minimum absolute atomic E-state index is 0.0213. The fourth-order valence-corrected chi connectivity index (χ4v) is 2.58. The molecule has 2 atom stereocenters. The van der Waals surface area contributed by atoms with Crippen molar-refractivity contribution in [1.29, 1.82) is 0 Å². The number of nitrogens with zero attached hydrogens (tertiary/aromatic N) is 1. The molecule has 1 heterocycles. The summed E-state index contributed by atoms with van der Waals surface area (Å²) in [5.41, 5.74) is 8.11. The first-order valence-corrected chi connectivity index (χ1v) is 7.16. The molecule has 0 spiro atoms. The van der Waals surface area contributed by atoms with Gasteiger partial charge in [-0.2, -0.15) is 0 Å². The van der Waals surface area contributed by atoms with Gasteiger partial charge in [0.05, 0.1) is 13.2 Å². The summed E-state index contributed by atoms with van der Waals surface area (Å²) in [7, 11) is 1.34. The number of benzene rings is 1. The lowest BCUT2D eigenvalue weighted by atomic mass is 9.92. The lowest BCUT2D eigenvalue weighted by Crippen LogP contribution is -2.55. The third kappa shape index (κ3) is 3.08. The number of fused-ring (bicyclic) bond motifs is 1. The van der Waals surface area contributed by atoms with Crippen molar-refractivity contribution in [3.8, 4) is 0 Å². The van der Waals surface area contributed by atoms with Crippen molar-refractivity contribution in [2.75, 3.05) is 7.11 Å². The number of hydrogen-bond acceptors (Lipinski definition) is 4. The van der Waals surface area contributed by atoms with Gasteiger partial charge in [0.15, 0.2) is 0 Å². The van der Waals surface area contributed by atoms with Gasteiger partial charge < -0.3 is 15.4 Å². The number of esters is 1. The quantitative estimate of drug-likeness (QED) is 0.846. The molecule has 1 unspecified atom stereocenters. The summed E-state index contributed by atoms with van der Waals surface area (Å²) in [6.07, 6.45) is 0.472. The highest BCUT2D eigenvalue weighted by Gasteiger charge is 2.37. The molecule has 0 fully saturated rings. The van der Waals surface area contributed by atoms with Gasteiger partial charge in [-0.15, -0.1) is 0 Å². The molecule has 0 aromatic heterocycles. The van der Waals surface area contributed by atoms with E-state index in [-0.39, 0.29) is 11.8 Å². The Labute approximate surface area is 125 Å². The molecule has 0 radical (unpaired) electrons. The van der Waals surface area contributed by atoms with Gasteiger partial charge in [0.25, 0.3) is 0 Å². The first-order chi connectivity index (χ1) is 9.95. The van der Waals surface area contributed by atoms with Crippen molar-refractivity contribution in [2.45, 2.75) is 38.9 Å². The van der Waals surface area contributed by atoms with Crippen LogP contribution in [0.4, 0.5) is 0 Å².